The number of amides is 1. The van der Waals surface area contributed by atoms with E-state index in [4.69, 9.17) is 0 Å². The molecular weight excluding hydrogens is 404 g/mol. The normalized spacial score (nSPS) is 17.1. The molecule has 1 aromatic heterocycles. The first-order valence-electron chi connectivity index (χ1n) is 8.14. The van der Waals surface area contributed by atoms with Crippen molar-refractivity contribution in [3.63, 3.8) is 0 Å². The van der Waals surface area contributed by atoms with E-state index in [1.807, 2.05) is 5.32 Å². The lowest BCUT2D eigenvalue weighted by Crippen LogP contribution is -2.36. The summed E-state index contributed by atoms with van der Waals surface area (Å²) in [6, 6.07) is 0.625. The first-order valence-corrected chi connectivity index (χ1v) is 9.62. The number of aromatic nitrogens is 1. The molecule has 1 saturated heterocycles. The van der Waals surface area contributed by atoms with Crippen molar-refractivity contribution in [3.05, 3.63) is 47.3 Å². The number of nitrogens with one attached hydrogen (secondary N) is 3. The summed E-state index contributed by atoms with van der Waals surface area (Å²) in [5.74, 6) is -7.28. The average Bonchev–Trinajstić information content (AvgIpc) is 3.19. The molecule has 1 aromatic carbocycles. The molecule has 1 fully saturated rings. The zero-order chi connectivity index (χ0) is 20.6. The van der Waals surface area contributed by atoms with E-state index in [0.717, 1.165) is 10.8 Å². The Morgan fingerprint density at radius 3 is 2.39 bits per heavy atom. The minimum atomic E-state index is -4.24. The second kappa shape index (κ2) is 7.53. The number of anilines is 1. The van der Waals surface area contributed by atoms with Crippen LogP contribution in [0.5, 0.6) is 0 Å². The van der Waals surface area contributed by atoms with Crippen molar-refractivity contribution in [2.45, 2.75) is 17.4 Å². The summed E-state index contributed by atoms with van der Waals surface area (Å²) >= 11 is 0. The van der Waals surface area contributed by atoms with Crippen molar-refractivity contribution in [3.8, 4) is 0 Å². The summed E-state index contributed by atoms with van der Waals surface area (Å²) in [4.78, 5) is 11.6. The highest BCUT2D eigenvalue weighted by Gasteiger charge is 2.31. The molecule has 7 nitrogen and oxygen atoms in total. The van der Waals surface area contributed by atoms with Crippen LogP contribution in [0.2, 0.25) is 0 Å². The molecule has 0 spiro atoms. The molecular formula is C16H16F4N4O3S. The lowest BCUT2D eigenvalue weighted by atomic mass is 10.2. The quantitative estimate of drug-likeness (QED) is 0.505. The van der Waals surface area contributed by atoms with Crippen molar-refractivity contribution in [2.24, 2.45) is 7.05 Å². The zero-order valence-corrected chi connectivity index (χ0v) is 15.3. The van der Waals surface area contributed by atoms with Crippen molar-refractivity contribution in [1.29, 1.82) is 0 Å². The van der Waals surface area contributed by atoms with E-state index < -0.39 is 61.5 Å². The largest absolute Gasteiger partial charge is 0.343 e. The molecule has 3 N–H and O–H groups in total. The fourth-order valence-electron chi connectivity index (χ4n) is 2.87. The van der Waals surface area contributed by atoms with Crippen LogP contribution in [0, 0.1) is 23.3 Å². The van der Waals surface area contributed by atoms with Crippen LogP contribution >= 0.6 is 0 Å². The van der Waals surface area contributed by atoms with E-state index in [1.165, 1.54) is 7.05 Å². The van der Waals surface area contributed by atoms with E-state index >= 15 is 0 Å². The number of benzene rings is 1. The summed E-state index contributed by atoms with van der Waals surface area (Å²) in [5.41, 5.74) is -1.13. The van der Waals surface area contributed by atoms with E-state index in [1.54, 1.807) is 0 Å². The SMILES string of the molecule is Cn1cc(S(=O)(=O)NC2CCNC2)c(F)c1C(=O)Nc1cc(F)c(F)c(F)c1. The lowest BCUT2D eigenvalue weighted by molar-refractivity contribution is 0.101. The molecule has 12 heteroatoms. The summed E-state index contributed by atoms with van der Waals surface area (Å²) < 4.78 is 82.4. The highest BCUT2D eigenvalue weighted by Crippen LogP contribution is 2.23. The highest BCUT2D eigenvalue weighted by atomic mass is 32.2. The molecule has 1 amide bonds. The number of aryl methyl sites for hydroxylation is 1. The maximum Gasteiger partial charge on any atom is 0.275 e. The van der Waals surface area contributed by atoms with Crippen molar-refractivity contribution in [2.75, 3.05) is 18.4 Å². The lowest BCUT2D eigenvalue weighted by Gasteiger charge is -2.10. The van der Waals surface area contributed by atoms with Gasteiger partial charge in [0.2, 0.25) is 10.0 Å². The van der Waals surface area contributed by atoms with E-state index in [9.17, 15) is 30.8 Å². The topological polar surface area (TPSA) is 92.2 Å². The maximum absolute atomic E-state index is 14.7. The highest BCUT2D eigenvalue weighted by molar-refractivity contribution is 7.89. The minimum Gasteiger partial charge on any atom is -0.343 e. The third kappa shape index (κ3) is 3.88. The number of sulfonamides is 1. The Balaban J connectivity index is 1.88. The van der Waals surface area contributed by atoms with Gasteiger partial charge in [0.05, 0.1) is 0 Å². The van der Waals surface area contributed by atoms with Crippen molar-refractivity contribution >= 4 is 21.6 Å². The summed E-state index contributed by atoms with van der Waals surface area (Å²) in [6.45, 7) is 1.01. The molecule has 0 radical (unpaired) electrons. The summed E-state index contributed by atoms with van der Waals surface area (Å²) in [7, 11) is -3.00. The van der Waals surface area contributed by atoms with Crippen molar-refractivity contribution in [1.82, 2.24) is 14.6 Å². The van der Waals surface area contributed by atoms with Crippen LogP contribution in [0.15, 0.2) is 23.2 Å². The third-order valence-corrected chi connectivity index (χ3v) is 5.72. The van der Waals surface area contributed by atoms with E-state index in [0.29, 0.717) is 31.6 Å². The molecule has 3 rings (SSSR count). The average molecular weight is 420 g/mol. The monoisotopic (exact) mass is 420 g/mol. The van der Waals surface area contributed by atoms with Crippen LogP contribution in [-0.4, -0.2) is 38.0 Å². The van der Waals surface area contributed by atoms with Gasteiger partial charge in [0.15, 0.2) is 23.3 Å². The zero-order valence-electron chi connectivity index (χ0n) is 14.5. The second-order valence-corrected chi connectivity index (χ2v) is 7.97. The van der Waals surface area contributed by atoms with Gasteiger partial charge < -0.3 is 15.2 Å². The van der Waals surface area contributed by atoms with E-state index in [2.05, 4.69) is 10.0 Å². The van der Waals surface area contributed by atoms with Gasteiger partial charge in [0, 0.05) is 43.7 Å². The standard InChI is InChI=1S/C16H16F4N4O3S/c1-24-7-12(28(26,27)23-8-2-3-21-6-8)14(20)15(24)16(25)22-9-4-10(17)13(19)11(18)5-9/h4-5,7-8,21,23H,2-3,6H2,1H3,(H,22,25). The smallest absolute Gasteiger partial charge is 0.275 e. The number of carbonyl (C=O) groups is 1. The number of nitrogens with zero attached hydrogens (tertiary/aromatic N) is 1. The van der Waals surface area contributed by atoms with Gasteiger partial charge in [0.25, 0.3) is 5.91 Å². The van der Waals surface area contributed by atoms with Crippen LogP contribution < -0.4 is 15.4 Å². The number of carbonyl (C=O) groups excluding carboxylic acids is 1. The Hall–Kier alpha value is -2.44. The molecule has 152 valence electrons. The molecule has 2 heterocycles. The van der Waals surface area contributed by atoms with Gasteiger partial charge in [-0.1, -0.05) is 0 Å². The molecule has 1 atom stereocenters. The van der Waals surface area contributed by atoms with Crippen molar-refractivity contribution < 1.29 is 30.8 Å². The Morgan fingerprint density at radius 2 is 1.82 bits per heavy atom. The van der Waals surface area contributed by atoms with Gasteiger partial charge >= 0.3 is 0 Å². The molecule has 2 aromatic rings. The van der Waals surface area contributed by atoms with E-state index in [-0.39, 0.29) is 0 Å². The summed E-state index contributed by atoms with van der Waals surface area (Å²) in [6.07, 6.45) is 1.45. The van der Waals surface area contributed by atoms with Gasteiger partial charge in [-0.05, 0) is 13.0 Å². The predicted molar refractivity (Wildman–Crippen MR) is 91.2 cm³/mol. The second-order valence-electron chi connectivity index (χ2n) is 6.29. The molecule has 0 bridgehead atoms. The Bertz CT molecular complexity index is 1010. The van der Waals surface area contributed by atoms with Gasteiger partial charge in [-0.15, -0.1) is 0 Å². The number of rotatable bonds is 5. The Kier molecular flexibility index (Phi) is 5.46. The molecule has 1 aliphatic heterocycles. The predicted octanol–water partition coefficient (Wildman–Crippen LogP) is 1.47. The molecule has 28 heavy (non-hydrogen) atoms. The maximum atomic E-state index is 14.7. The molecule has 1 aliphatic rings. The van der Waals surface area contributed by atoms with Gasteiger partial charge in [-0.25, -0.2) is 30.7 Å². The first-order chi connectivity index (χ1) is 13.1. The third-order valence-electron chi connectivity index (χ3n) is 4.22. The van der Waals surface area contributed by atoms with Gasteiger partial charge in [-0.3, -0.25) is 4.79 Å². The molecule has 0 aliphatic carbocycles. The Labute approximate surface area is 157 Å². The van der Waals surface area contributed by atoms with Crippen LogP contribution in [-0.2, 0) is 17.1 Å². The number of hydrogen-bond donors (Lipinski definition) is 3. The fraction of sp³-hybridized carbons (Fsp3) is 0.312. The number of hydrogen-bond acceptors (Lipinski definition) is 4. The van der Waals surface area contributed by atoms with Crippen LogP contribution in [0.4, 0.5) is 23.2 Å². The molecule has 0 saturated carbocycles. The van der Waals surface area contributed by atoms with Gasteiger partial charge in [-0.2, -0.15) is 0 Å². The summed E-state index contributed by atoms with van der Waals surface area (Å²) in [5, 5.41) is 4.97. The number of halogens is 4. The van der Waals surface area contributed by atoms with Crippen LogP contribution in [0.25, 0.3) is 0 Å². The van der Waals surface area contributed by atoms with Crippen LogP contribution in [0.1, 0.15) is 16.9 Å². The molecule has 1 unspecified atom stereocenters. The van der Waals surface area contributed by atoms with Gasteiger partial charge in [0.1, 0.15) is 10.6 Å². The van der Waals surface area contributed by atoms with Crippen LogP contribution in [0.3, 0.4) is 0 Å². The fourth-order valence-corrected chi connectivity index (χ4v) is 4.27. The minimum absolute atomic E-state index is 0.392. The first kappa shape index (κ1) is 20.3. The Morgan fingerprint density at radius 1 is 1.18 bits per heavy atom.